The lowest BCUT2D eigenvalue weighted by atomic mass is 10.1. The molecule has 1 aromatic carbocycles. The van der Waals surface area contributed by atoms with Gasteiger partial charge in [-0.15, -0.1) is 0 Å². The Balaban J connectivity index is 2.03. The lowest BCUT2D eigenvalue weighted by molar-refractivity contribution is -0.148. The number of rotatable bonds is 6. The van der Waals surface area contributed by atoms with Crippen LogP contribution in [0.25, 0.3) is 0 Å². The standard InChI is InChI=1S/C18H22IN3O5S/c1-11-3-4-12(9-13(11)19)16(24)21-18(28)22-6-5-20-17(25)14(22)10-15(23)27-8-7-26-2/h3-4,9,14H,5-8,10H2,1-2H3,(H,20,25)(H,21,24,28). The van der Waals surface area contributed by atoms with Gasteiger partial charge in [-0.3, -0.25) is 19.7 Å². The molecule has 0 aromatic heterocycles. The molecule has 1 fully saturated rings. The molecule has 0 spiro atoms. The Morgan fingerprint density at radius 3 is 2.82 bits per heavy atom. The molecule has 8 nitrogen and oxygen atoms in total. The average Bonchev–Trinajstić information content (AvgIpc) is 2.65. The SMILES string of the molecule is COCCOC(=O)CC1C(=O)NCCN1C(=S)NC(=O)c1ccc(C)c(I)c1. The Hall–Kier alpha value is -1.79. The molecule has 2 rings (SSSR count). The second kappa shape index (κ2) is 10.7. The van der Waals surface area contributed by atoms with E-state index in [0.29, 0.717) is 18.7 Å². The molecule has 0 saturated carbocycles. The van der Waals surface area contributed by atoms with Crippen LogP contribution in [0.3, 0.4) is 0 Å². The van der Waals surface area contributed by atoms with Gasteiger partial charge < -0.3 is 19.7 Å². The molecule has 1 aliphatic rings. The number of amides is 2. The molecule has 1 atom stereocenters. The highest BCUT2D eigenvalue weighted by molar-refractivity contribution is 14.1. The van der Waals surface area contributed by atoms with Crippen molar-refractivity contribution in [3.8, 4) is 0 Å². The minimum atomic E-state index is -0.838. The number of benzene rings is 1. The predicted octanol–water partition coefficient (Wildman–Crippen LogP) is 0.994. The quantitative estimate of drug-likeness (QED) is 0.251. The van der Waals surface area contributed by atoms with Crippen molar-refractivity contribution in [1.82, 2.24) is 15.5 Å². The van der Waals surface area contributed by atoms with Crippen molar-refractivity contribution in [3.05, 3.63) is 32.9 Å². The van der Waals surface area contributed by atoms with Gasteiger partial charge >= 0.3 is 5.97 Å². The lowest BCUT2D eigenvalue weighted by Gasteiger charge is -2.36. The van der Waals surface area contributed by atoms with E-state index in [1.807, 2.05) is 13.0 Å². The van der Waals surface area contributed by atoms with Crippen LogP contribution in [-0.4, -0.2) is 67.3 Å². The van der Waals surface area contributed by atoms with Crippen molar-refractivity contribution in [3.63, 3.8) is 0 Å². The highest BCUT2D eigenvalue weighted by Crippen LogP contribution is 2.14. The third-order valence-corrected chi connectivity index (χ3v) is 5.66. The Morgan fingerprint density at radius 1 is 1.39 bits per heavy atom. The summed E-state index contributed by atoms with van der Waals surface area (Å²) in [5, 5.41) is 5.46. The second-order valence-electron chi connectivity index (χ2n) is 6.14. The number of methoxy groups -OCH3 is 1. The highest BCUT2D eigenvalue weighted by atomic mass is 127. The normalized spacial score (nSPS) is 16.3. The van der Waals surface area contributed by atoms with Gasteiger partial charge in [-0.2, -0.15) is 0 Å². The monoisotopic (exact) mass is 519 g/mol. The van der Waals surface area contributed by atoms with Crippen molar-refractivity contribution in [2.45, 2.75) is 19.4 Å². The lowest BCUT2D eigenvalue weighted by Crippen LogP contribution is -2.60. The zero-order valence-electron chi connectivity index (χ0n) is 15.6. The third-order valence-electron chi connectivity index (χ3n) is 4.16. The summed E-state index contributed by atoms with van der Waals surface area (Å²) in [5.41, 5.74) is 1.54. The van der Waals surface area contributed by atoms with E-state index in [4.69, 9.17) is 21.7 Å². The summed E-state index contributed by atoms with van der Waals surface area (Å²) in [7, 11) is 1.50. The number of aryl methyl sites for hydroxylation is 1. The first kappa shape index (κ1) is 22.5. The summed E-state index contributed by atoms with van der Waals surface area (Å²) >= 11 is 7.49. The Bertz CT molecular complexity index is 774. The number of carbonyl (C=O) groups excluding carboxylic acids is 3. The van der Waals surface area contributed by atoms with E-state index in [2.05, 4.69) is 33.2 Å². The number of nitrogens with zero attached hydrogens (tertiary/aromatic N) is 1. The molecule has 1 saturated heterocycles. The Labute approximate surface area is 182 Å². The molecule has 152 valence electrons. The molecule has 0 bridgehead atoms. The van der Waals surface area contributed by atoms with Gasteiger partial charge in [-0.05, 0) is 59.4 Å². The van der Waals surface area contributed by atoms with Gasteiger partial charge in [0.2, 0.25) is 5.91 Å². The van der Waals surface area contributed by atoms with Gasteiger partial charge in [0.1, 0.15) is 12.6 Å². The first-order valence-corrected chi connectivity index (χ1v) is 10.1. The fraction of sp³-hybridized carbons (Fsp3) is 0.444. The van der Waals surface area contributed by atoms with Gasteiger partial charge in [-0.1, -0.05) is 6.07 Å². The molecule has 1 unspecified atom stereocenters. The van der Waals surface area contributed by atoms with Crippen LogP contribution in [0.5, 0.6) is 0 Å². The summed E-state index contributed by atoms with van der Waals surface area (Å²) in [6, 6.07) is 4.49. The van der Waals surface area contributed by atoms with E-state index in [9.17, 15) is 14.4 Å². The average molecular weight is 519 g/mol. The maximum atomic E-state index is 12.5. The van der Waals surface area contributed by atoms with Crippen LogP contribution >= 0.6 is 34.8 Å². The minimum absolute atomic E-state index is 0.102. The highest BCUT2D eigenvalue weighted by Gasteiger charge is 2.34. The molecule has 0 radical (unpaired) electrons. The fourth-order valence-corrected chi connectivity index (χ4v) is 3.42. The van der Waals surface area contributed by atoms with Crippen LogP contribution in [0.15, 0.2) is 18.2 Å². The number of hydrogen-bond donors (Lipinski definition) is 2. The first-order valence-electron chi connectivity index (χ1n) is 8.64. The molecule has 1 aromatic rings. The number of thiocarbonyl (C=S) groups is 1. The molecule has 1 heterocycles. The number of hydrogen-bond acceptors (Lipinski definition) is 6. The van der Waals surface area contributed by atoms with Gasteiger partial charge in [0.25, 0.3) is 5.91 Å². The van der Waals surface area contributed by atoms with Crippen LogP contribution in [0.4, 0.5) is 0 Å². The van der Waals surface area contributed by atoms with E-state index in [1.54, 1.807) is 17.0 Å². The van der Waals surface area contributed by atoms with Crippen molar-refractivity contribution in [2.75, 3.05) is 33.4 Å². The molecule has 28 heavy (non-hydrogen) atoms. The predicted molar refractivity (Wildman–Crippen MR) is 115 cm³/mol. The smallest absolute Gasteiger partial charge is 0.308 e. The van der Waals surface area contributed by atoms with Crippen LogP contribution in [0.2, 0.25) is 0 Å². The molecule has 1 aliphatic heterocycles. The number of ether oxygens (including phenoxy) is 2. The van der Waals surface area contributed by atoms with Crippen LogP contribution in [0.1, 0.15) is 22.3 Å². The Morgan fingerprint density at radius 2 is 2.14 bits per heavy atom. The maximum Gasteiger partial charge on any atom is 0.308 e. The van der Waals surface area contributed by atoms with Gasteiger partial charge in [-0.25, -0.2) is 0 Å². The molecule has 10 heteroatoms. The summed E-state index contributed by atoms with van der Waals surface area (Å²) in [4.78, 5) is 38.3. The van der Waals surface area contributed by atoms with Gasteiger partial charge in [0.05, 0.1) is 13.0 Å². The first-order chi connectivity index (χ1) is 13.3. The third kappa shape index (κ3) is 6.11. The van der Waals surface area contributed by atoms with Crippen molar-refractivity contribution in [1.29, 1.82) is 0 Å². The summed E-state index contributed by atoms with van der Waals surface area (Å²) in [6.45, 7) is 3.09. The zero-order valence-corrected chi connectivity index (χ0v) is 18.6. The van der Waals surface area contributed by atoms with E-state index >= 15 is 0 Å². The summed E-state index contributed by atoms with van der Waals surface area (Å²) in [5.74, 6) is -1.24. The van der Waals surface area contributed by atoms with Crippen molar-refractivity contribution < 1.29 is 23.9 Å². The topological polar surface area (TPSA) is 97.0 Å². The molecular formula is C18H22IN3O5S. The maximum absolute atomic E-state index is 12.5. The van der Waals surface area contributed by atoms with E-state index < -0.39 is 12.0 Å². The summed E-state index contributed by atoms with van der Waals surface area (Å²) in [6.07, 6.45) is -0.173. The van der Waals surface area contributed by atoms with Crippen LogP contribution in [-0.2, 0) is 19.1 Å². The van der Waals surface area contributed by atoms with Gasteiger partial charge in [0.15, 0.2) is 5.11 Å². The van der Waals surface area contributed by atoms with Crippen LogP contribution in [0, 0.1) is 10.5 Å². The molecule has 2 N–H and O–H groups in total. The number of halogens is 1. The number of nitrogens with one attached hydrogen (secondary N) is 2. The van der Waals surface area contributed by atoms with Crippen LogP contribution < -0.4 is 10.6 Å². The summed E-state index contributed by atoms with van der Waals surface area (Å²) < 4.78 is 10.8. The Kier molecular flexibility index (Phi) is 8.58. The number of piperazine rings is 1. The van der Waals surface area contributed by atoms with Crippen molar-refractivity contribution >= 4 is 57.7 Å². The van der Waals surface area contributed by atoms with Crippen molar-refractivity contribution in [2.24, 2.45) is 0 Å². The van der Waals surface area contributed by atoms with E-state index in [1.165, 1.54) is 7.11 Å². The molecule has 0 aliphatic carbocycles. The molecular weight excluding hydrogens is 497 g/mol. The largest absolute Gasteiger partial charge is 0.463 e. The molecule has 2 amide bonds. The number of esters is 1. The number of carbonyl (C=O) groups is 3. The second-order valence-corrected chi connectivity index (χ2v) is 7.69. The van der Waals surface area contributed by atoms with E-state index in [0.717, 1.165) is 9.13 Å². The fourth-order valence-electron chi connectivity index (χ4n) is 2.59. The zero-order chi connectivity index (χ0) is 20.7. The van der Waals surface area contributed by atoms with Gasteiger partial charge in [0, 0.05) is 29.3 Å². The van der Waals surface area contributed by atoms with E-state index in [-0.39, 0.29) is 36.6 Å². The minimum Gasteiger partial charge on any atom is -0.463 e.